The van der Waals surface area contributed by atoms with Crippen molar-refractivity contribution in [1.29, 1.82) is 0 Å². The Kier molecular flexibility index (Phi) is 5.17. The summed E-state index contributed by atoms with van der Waals surface area (Å²) in [4.78, 5) is 35.2. The minimum Gasteiger partial charge on any atom is -0.353 e. The van der Waals surface area contributed by atoms with Crippen LogP contribution >= 0.6 is 0 Å². The highest BCUT2D eigenvalue weighted by Gasteiger charge is 2.38. The molecule has 4 rings (SSSR count). The monoisotopic (exact) mass is 435 g/mol. The van der Waals surface area contributed by atoms with Gasteiger partial charge >= 0.3 is 12.1 Å². The molecule has 0 aromatic carbocycles. The van der Waals surface area contributed by atoms with Crippen molar-refractivity contribution in [1.82, 2.24) is 29.8 Å². The second-order valence-electron chi connectivity index (χ2n) is 6.79. The van der Waals surface area contributed by atoms with Crippen molar-refractivity contribution in [2.45, 2.75) is 6.18 Å². The van der Waals surface area contributed by atoms with Gasteiger partial charge in [-0.15, -0.1) is 0 Å². The number of nitrogens with zero attached hydrogens (tertiary/aromatic N) is 7. The molecule has 0 spiro atoms. The van der Waals surface area contributed by atoms with Gasteiger partial charge in [0.15, 0.2) is 0 Å². The molecule has 3 aromatic heterocycles. The van der Waals surface area contributed by atoms with Gasteiger partial charge in [-0.25, -0.2) is 9.67 Å². The fourth-order valence-electron chi connectivity index (χ4n) is 3.08. The van der Waals surface area contributed by atoms with Crippen LogP contribution in [0, 0.1) is 0 Å². The molecule has 0 radical (unpaired) electrons. The molecule has 31 heavy (non-hydrogen) atoms. The predicted octanol–water partition coefficient (Wildman–Crippen LogP) is 1.21. The van der Waals surface area contributed by atoms with Crippen LogP contribution in [-0.2, 0) is 13.2 Å². The maximum absolute atomic E-state index is 12.6. The second kappa shape index (κ2) is 7.81. The zero-order valence-corrected chi connectivity index (χ0v) is 16.2. The highest BCUT2D eigenvalue weighted by molar-refractivity contribution is 5.92. The summed E-state index contributed by atoms with van der Waals surface area (Å²) in [6, 6.07) is 5.90. The molecule has 0 bridgehead atoms. The number of alkyl halides is 3. The van der Waals surface area contributed by atoms with Crippen molar-refractivity contribution in [3.05, 3.63) is 52.4 Å². The molecule has 0 saturated carbocycles. The zero-order chi connectivity index (χ0) is 22.2. The van der Waals surface area contributed by atoms with Gasteiger partial charge in [-0.1, -0.05) is 5.16 Å². The molecule has 10 nitrogen and oxygen atoms in total. The average Bonchev–Trinajstić information content (AvgIpc) is 3.26. The van der Waals surface area contributed by atoms with Gasteiger partial charge in [0.05, 0.1) is 0 Å². The van der Waals surface area contributed by atoms with Gasteiger partial charge in [0, 0.05) is 51.1 Å². The van der Waals surface area contributed by atoms with Crippen LogP contribution in [0.2, 0.25) is 0 Å². The van der Waals surface area contributed by atoms with E-state index in [-0.39, 0.29) is 28.5 Å². The molecule has 0 aliphatic carbocycles. The third kappa shape index (κ3) is 4.25. The maximum Gasteiger partial charge on any atom is 0.471 e. The maximum atomic E-state index is 12.6. The van der Waals surface area contributed by atoms with E-state index in [2.05, 4.69) is 24.7 Å². The Morgan fingerprint density at radius 1 is 1.10 bits per heavy atom. The van der Waals surface area contributed by atoms with Crippen LogP contribution in [0.15, 0.2) is 39.8 Å². The van der Waals surface area contributed by atoms with Crippen LogP contribution in [-0.4, -0.2) is 61.9 Å². The molecule has 1 amide bonds. The molecule has 4 heterocycles. The van der Waals surface area contributed by atoms with Gasteiger partial charge in [-0.3, -0.25) is 9.59 Å². The number of pyridine rings is 1. The Labute approximate surface area is 172 Å². The van der Waals surface area contributed by atoms with E-state index < -0.39 is 12.1 Å². The molecule has 0 N–H and O–H groups in total. The van der Waals surface area contributed by atoms with Crippen molar-refractivity contribution >= 4 is 11.7 Å². The zero-order valence-electron chi connectivity index (χ0n) is 16.2. The van der Waals surface area contributed by atoms with Crippen LogP contribution in [0.1, 0.15) is 16.4 Å². The predicted molar refractivity (Wildman–Crippen MR) is 100 cm³/mol. The van der Waals surface area contributed by atoms with Crippen LogP contribution in [0.3, 0.4) is 0 Å². The quantitative estimate of drug-likeness (QED) is 0.604. The standard InChI is InChI=1S/C18H16F3N7O3/c1-26-14(29)5-3-12(24-26)16(30)28-8-6-27(7-9-28)13-4-2-11(10-22-13)15-23-17(31-25-15)18(19,20)21/h2-5,10H,6-9H2,1H3. The minimum absolute atomic E-state index is 0.191. The number of aryl methyl sites for hydroxylation is 1. The number of rotatable bonds is 3. The Bertz CT molecular complexity index is 1150. The summed E-state index contributed by atoms with van der Waals surface area (Å²) in [5, 5.41) is 7.31. The first-order chi connectivity index (χ1) is 14.7. The molecule has 0 atom stereocenters. The van der Waals surface area contributed by atoms with Crippen molar-refractivity contribution in [2.24, 2.45) is 7.05 Å². The summed E-state index contributed by atoms with van der Waals surface area (Å²) in [5.74, 6) is -1.28. The number of piperazine rings is 1. The average molecular weight is 435 g/mol. The van der Waals surface area contributed by atoms with Crippen molar-refractivity contribution in [2.75, 3.05) is 31.1 Å². The van der Waals surface area contributed by atoms with Crippen molar-refractivity contribution < 1.29 is 22.5 Å². The third-order valence-electron chi connectivity index (χ3n) is 4.75. The Morgan fingerprint density at radius 2 is 1.84 bits per heavy atom. The fourth-order valence-corrected chi connectivity index (χ4v) is 3.08. The molecule has 1 fully saturated rings. The number of halogens is 3. The van der Waals surface area contributed by atoms with E-state index in [1.54, 1.807) is 17.0 Å². The lowest BCUT2D eigenvalue weighted by Gasteiger charge is -2.35. The Balaban J connectivity index is 1.40. The van der Waals surface area contributed by atoms with Gasteiger partial charge in [0.2, 0.25) is 5.82 Å². The number of carbonyl (C=O) groups excluding carboxylic acids is 1. The number of hydrogen-bond acceptors (Lipinski definition) is 8. The van der Waals surface area contributed by atoms with E-state index in [0.29, 0.717) is 32.0 Å². The van der Waals surface area contributed by atoms with E-state index >= 15 is 0 Å². The highest BCUT2D eigenvalue weighted by atomic mass is 19.4. The first kappa shape index (κ1) is 20.5. The molecular formula is C18H16F3N7O3. The number of carbonyl (C=O) groups is 1. The molecule has 162 valence electrons. The summed E-state index contributed by atoms with van der Waals surface area (Å²) in [7, 11) is 1.48. The molecule has 0 unspecified atom stereocenters. The second-order valence-corrected chi connectivity index (χ2v) is 6.79. The lowest BCUT2D eigenvalue weighted by Crippen LogP contribution is -2.49. The van der Waals surface area contributed by atoms with E-state index in [0.717, 1.165) is 4.68 Å². The molecule has 1 aliphatic rings. The molecular weight excluding hydrogens is 419 g/mol. The van der Waals surface area contributed by atoms with Crippen molar-refractivity contribution in [3.63, 3.8) is 0 Å². The van der Waals surface area contributed by atoms with E-state index in [4.69, 9.17) is 0 Å². The lowest BCUT2D eigenvalue weighted by molar-refractivity contribution is -0.159. The fraction of sp³-hybridized carbons (Fsp3) is 0.333. The van der Waals surface area contributed by atoms with Gasteiger partial charge in [-0.2, -0.15) is 23.3 Å². The van der Waals surface area contributed by atoms with E-state index in [9.17, 15) is 22.8 Å². The molecule has 1 aliphatic heterocycles. The van der Waals surface area contributed by atoms with Crippen LogP contribution < -0.4 is 10.5 Å². The third-order valence-corrected chi connectivity index (χ3v) is 4.75. The Morgan fingerprint density at radius 3 is 2.42 bits per heavy atom. The SMILES string of the molecule is Cn1nc(C(=O)N2CCN(c3ccc(-c4noc(C(F)(F)F)n4)cn3)CC2)ccc1=O. The summed E-state index contributed by atoms with van der Waals surface area (Å²) in [5.41, 5.74) is 0.181. The van der Waals surface area contributed by atoms with Gasteiger partial charge in [0.25, 0.3) is 11.5 Å². The molecule has 3 aromatic rings. The number of anilines is 1. The van der Waals surface area contributed by atoms with Gasteiger partial charge < -0.3 is 14.3 Å². The van der Waals surface area contributed by atoms with Crippen molar-refractivity contribution in [3.8, 4) is 11.4 Å². The summed E-state index contributed by atoms with van der Waals surface area (Å²) in [6.07, 6.45) is -3.34. The highest BCUT2D eigenvalue weighted by Crippen LogP contribution is 2.29. The summed E-state index contributed by atoms with van der Waals surface area (Å²) < 4.78 is 43.1. The van der Waals surface area contributed by atoms with Gasteiger partial charge in [0.1, 0.15) is 11.5 Å². The largest absolute Gasteiger partial charge is 0.471 e. The van der Waals surface area contributed by atoms with Crippen LogP contribution in [0.25, 0.3) is 11.4 Å². The lowest BCUT2D eigenvalue weighted by atomic mass is 10.2. The summed E-state index contributed by atoms with van der Waals surface area (Å²) in [6.45, 7) is 1.85. The summed E-state index contributed by atoms with van der Waals surface area (Å²) >= 11 is 0. The first-order valence-corrected chi connectivity index (χ1v) is 9.18. The normalized spacial score (nSPS) is 14.7. The molecule has 13 heteroatoms. The smallest absolute Gasteiger partial charge is 0.353 e. The number of hydrogen-bond donors (Lipinski definition) is 0. The van der Waals surface area contributed by atoms with Crippen LogP contribution in [0.4, 0.5) is 19.0 Å². The Hall–Kier alpha value is -3.77. The number of amides is 1. The number of aromatic nitrogens is 5. The van der Waals surface area contributed by atoms with E-state index in [1.807, 2.05) is 4.90 Å². The molecule has 1 saturated heterocycles. The first-order valence-electron chi connectivity index (χ1n) is 9.18. The minimum atomic E-state index is -4.71. The van der Waals surface area contributed by atoms with Gasteiger partial charge in [-0.05, 0) is 18.2 Å². The van der Waals surface area contributed by atoms with E-state index in [1.165, 1.54) is 25.4 Å². The topological polar surface area (TPSA) is 110 Å². The van der Waals surface area contributed by atoms with Crippen LogP contribution in [0.5, 0.6) is 0 Å².